The molecule has 12 heteroatoms. The van der Waals surface area contributed by atoms with Crippen LogP contribution < -0.4 is 22.1 Å². The average Bonchev–Trinajstić information content (AvgIpc) is 3.75. The monoisotopic (exact) mass is 612 g/mol. The predicted molar refractivity (Wildman–Crippen MR) is 172 cm³/mol. The highest BCUT2D eigenvalue weighted by atomic mass is 16.2. The molecule has 0 aliphatic rings. The minimum absolute atomic E-state index is 0.0821. The maximum Gasteiger partial charge on any atom is 0.249 e. The summed E-state index contributed by atoms with van der Waals surface area (Å²) in [6, 6.07) is 8.73. The Kier molecular flexibility index (Phi) is 10.8. The van der Waals surface area contributed by atoms with Crippen LogP contribution in [0.5, 0.6) is 0 Å². The van der Waals surface area contributed by atoms with Crippen molar-refractivity contribution in [3.05, 3.63) is 83.7 Å². The molecular weight excluding hydrogens is 572 g/mol. The second-order valence-electron chi connectivity index (χ2n) is 11.6. The first-order valence-electron chi connectivity index (χ1n) is 14.9. The summed E-state index contributed by atoms with van der Waals surface area (Å²) in [5, 5.41) is 6.66. The number of primary amides is 2. The molecule has 0 bridgehead atoms. The number of carbonyl (C=O) groups excluding carboxylic acids is 4. The number of nitrogens with zero attached hydrogens (tertiary/aromatic N) is 2. The van der Waals surface area contributed by atoms with Crippen LogP contribution in [0.2, 0.25) is 0 Å². The number of aromatic amines is 2. The van der Waals surface area contributed by atoms with Gasteiger partial charge in [-0.25, -0.2) is 9.97 Å². The molecule has 0 saturated carbocycles. The highest BCUT2D eigenvalue weighted by molar-refractivity contribution is 6.11. The fourth-order valence-corrected chi connectivity index (χ4v) is 5.29. The van der Waals surface area contributed by atoms with Crippen LogP contribution in [0.15, 0.2) is 61.4 Å². The molecule has 0 aliphatic heterocycles. The molecule has 2 atom stereocenters. The molecule has 2 aromatic heterocycles. The van der Waals surface area contributed by atoms with Crippen LogP contribution >= 0.6 is 0 Å². The Bertz CT molecular complexity index is 1520. The zero-order valence-electron chi connectivity index (χ0n) is 25.9. The van der Waals surface area contributed by atoms with Crippen LogP contribution in [0.25, 0.3) is 22.5 Å². The zero-order chi connectivity index (χ0) is 32.7. The second-order valence-corrected chi connectivity index (χ2v) is 11.6. The lowest BCUT2D eigenvalue weighted by atomic mass is 9.90. The Morgan fingerprint density at radius 1 is 0.667 bits per heavy atom. The van der Waals surface area contributed by atoms with E-state index in [2.05, 4.69) is 30.6 Å². The Labute approximate surface area is 261 Å². The van der Waals surface area contributed by atoms with Gasteiger partial charge in [-0.15, -0.1) is 0 Å². The fourth-order valence-electron chi connectivity index (χ4n) is 5.29. The maximum absolute atomic E-state index is 13.7. The normalized spacial score (nSPS) is 12.8. The summed E-state index contributed by atoms with van der Waals surface area (Å²) in [6.45, 7) is 8.65. The molecule has 2 amide bonds. The zero-order valence-corrected chi connectivity index (χ0v) is 25.9. The van der Waals surface area contributed by atoms with E-state index in [-0.39, 0.29) is 45.7 Å². The van der Waals surface area contributed by atoms with Gasteiger partial charge in [0.25, 0.3) is 0 Å². The summed E-state index contributed by atoms with van der Waals surface area (Å²) in [4.78, 5) is 66.0. The van der Waals surface area contributed by atoms with Crippen LogP contribution in [0.4, 0.5) is 0 Å². The minimum Gasteiger partial charge on any atom is -0.366 e. The van der Waals surface area contributed by atoms with Crippen molar-refractivity contribution in [1.82, 2.24) is 30.6 Å². The first-order chi connectivity index (χ1) is 21.5. The molecule has 2 heterocycles. The molecule has 4 rings (SSSR count). The molecule has 8 N–H and O–H groups in total. The van der Waals surface area contributed by atoms with E-state index in [4.69, 9.17) is 11.5 Å². The smallest absolute Gasteiger partial charge is 0.249 e. The first kappa shape index (κ1) is 33.0. The van der Waals surface area contributed by atoms with Crippen LogP contribution in [0.3, 0.4) is 0 Å². The highest BCUT2D eigenvalue weighted by Gasteiger charge is 2.28. The lowest BCUT2D eigenvalue weighted by Crippen LogP contribution is -2.45. The molecule has 0 fully saturated rings. The van der Waals surface area contributed by atoms with Crippen molar-refractivity contribution in [2.45, 2.75) is 46.2 Å². The van der Waals surface area contributed by atoms with Gasteiger partial charge in [-0.05, 0) is 55.6 Å². The summed E-state index contributed by atoms with van der Waals surface area (Å²) < 4.78 is 0. The molecular formula is C33H40N8O4. The van der Waals surface area contributed by atoms with Gasteiger partial charge >= 0.3 is 0 Å². The molecule has 0 spiro atoms. The maximum atomic E-state index is 13.7. The molecule has 2 unspecified atom stereocenters. The van der Waals surface area contributed by atoms with Crippen LogP contribution in [-0.4, -0.2) is 68.5 Å². The molecule has 2 aromatic carbocycles. The lowest BCUT2D eigenvalue weighted by molar-refractivity contribution is 0.0902. The third-order valence-electron chi connectivity index (χ3n) is 7.70. The Morgan fingerprint density at radius 2 is 1.07 bits per heavy atom. The second kappa shape index (κ2) is 14.7. The Morgan fingerprint density at radius 3 is 1.38 bits per heavy atom. The quantitative estimate of drug-likeness (QED) is 0.0816. The van der Waals surface area contributed by atoms with Crippen LogP contribution in [0, 0.1) is 11.8 Å². The van der Waals surface area contributed by atoms with E-state index in [0.717, 1.165) is 0 Å². The van der Waals surface area contributed by atoms with Gasteiger partial charge in [0, 0.05) is 33.4 Å². The number of rotatable bonds is 16. The standard InChI is InChI=1S/C33H40N8O4/c1-18(2)28(30(42)24-12-20(26-14-36-16-40-26)6-8-22(24)32(34)44)38-10-5-11-39-29(19(3)4)31(43)25-13-21(27-15-37-17-41-27)7-9-23(25)33(35)45/h6-9,12-19,28-29,38-39H,5,10-11H2,1-4H3,(H2,34,44)(H2,35,45)(H,36,40)(H,37,41). The number of hydrogen-bond acceptors (Lipinski definition) is 8. The van der Waals surface area contributed by atoms with E-state index in [0.29, 0.717) is 42.0 Å². The number of Topliss-reactive ketones (excluding diaryl/α,β-unsaturated/α-hetero) is 2. The first-order valence-corrected chi connectivity index (χ1v) is 14.9. The van der Waals surface area contributed by atoms with E-state index in [1.54, 1.807) is 48.8 Å². The van der Waals surface area contributed by atoms with Crippen molar-refractivity contribution in [2.24, 2.45) is 23.3 Å². The summed E-state index contributed by atoms with van der Waals surface area (Å²) in [7, 11) is 0. The Hall–Kier alpha value is -4.94. The summed E-state index contributed by atoms with van der Waals surface area (Å²) >= 11 is 0. The van der Waals surface area contributed by atoms with E-state index >= 15 is 0 Å². The lowest BCUT2D eigenvalue weighted by Gasteiger charge is -2.24. The third kappa shape index (κ3) is 7.78. The summed E-state index contributed by atoms with van der Waals surface area (Å²) in [5.74, 6) is -2.00. The molecule has 45 heavy (non-hydrogen) atoms. The van der Waals surface area contributed by atoms with Gasteiger partial charge < -0.3 is 32.1 Å². The summed E-state index contributed by atoms with van der Waals surface area (Å²) in [6.07, 6.45) is 6.95. The third-order valence-corrected chi connectivity index (χ3v) is 7.70. The highest BCUT2D eigenvalue weighted by Crippen LogP contribution is 2.24. The van der Waals surface area contributed by atoms with Gasteiger partial charge in [-0.1, -0.05) is 39.8 Å². The number of ketones is 2. The SMILES string of the molecule is CC(C)C(NCCCNC(C(=O)c1cc(-c2cnc[nH]2)ccc1C(N)=O)C(C)C)C(=O)c1cc(-c2cnc[nH]2)ccc1C(N)=O. The predicted octanol–water partition coefficient (Wildman–Crippen LogP) is 3.35. The van der Waals surface area contributed by atoms with Gasteiger partial charge in [0.1, 0.15) is 0 Å². The van der Waals surface area contributed by atoms with Gasteiger partial charge in [0.15, 0.2) is 11.6 Å². The number of H-pyrrole nitrogens is 2. The molecule has 0 radical (unpaired) electrons. The number of hydrogen-bond donors (Lipinski definition) is 6. The van der Waals surface area contributed by atoms with Gasteiger partial charge in [-0.2, -0.15) is 0 Å². The number of carbonyl (C=O) groups is 4. The van der Waals surface area contributed by atoms with Gasteiger partial charge in [0.05, 0.1) is 48.5 Å². The fraction of sp³-hybridized carbons (Fsp3) is 0.333. The Balaban J connectivity index is 1.44. The molecule has 236 valence electrons. The van der Waals surface area contributed by atoms with Crippen molar-refractivity contribution in [3.63, 3.8) is 0 Å². The molecule has 0 aliphatic carbocycles. The van der Waals surface area contributed by atoms with Crippen molar-refractivity contribution in [3.8, 4) is 22.5 Å². The number of imidazole rings is 2. The van der Waals surface area contributed by atoms with Crippen molar-refractivity contribution < 1.29 is 19.2 Å². The number of nitrogens with one attached hydrogen (secondary N) is 4. The average molecular weight is 613 g/mol. The molecule has 4 aromatic rings. The van der Waals surface area contributed by atoms with Crippen LogP contribution in [0.1, 0.15) is 75.5 Å². The summed E-state index contributed by atoms with van der Waals surface area (Å²) in [5.41, 5.74) is 14.9. The van der Waals surface area contributed by atoms with Crippen LogP contribution in [-0.2, 0) is 0 Å². The van der Waals surface area contributed by atoms with Crippen molar-refractivity contribution >= 4 is 23.4 Å². The van der Waals surface area contributed by atoms with Crippen molar-refractivity contribution in [2.75, 3.05) is 13.1 Å². The largest absolute Gasteiger partial charge is 0.366 e. The minimum atomic E-state index is -0.680. The van der Waals surface area contributed by atoms with Gasteiger partial charge in [0.2, 0.25) is 11.8 Å². The van der Waals surface area contributed by atoms with E-state index in [9.17, 15) is 19.2 Å². The number of amides is 2. The van der Waals surface area contributed by atoms with E-state index < -0.39 is 23.9 Å². The molecule has 12 nitrogen and oxygen atoms in total. The molecule has 0 saturated heterocycles. The van der Waals surface area contributed by atoms with E-state index in [1.807, 2.05) is 27.7 Å². The topological polar surface area (TPSA) is 202 Å². The van der Waals surface area contributed by atoms with Crippen molar-refractivity contribution in [1.29, 1.82) is 0 Å². The van der Waals surface area contributed by atoms with E-state index in [1.165, 1.54) is 12.7 Å². The van der Waals surface area contributed by atoms with Gasteiger partial charge in [-0.3, -0.25) is 19.2 Å². The number of nitrogens with two attached hydrogens (primary N) is 2. The number of aromatic nitrogens is 4. The number of benzene rings is 2.